The molecule has 1 aromatic carbocycles. The third-order valence-corrected chi connectivity index (χ3v) is 3.62. The number of nitrogens with zero attached hydrogens (tertiary/aromatic N) is 2. The van der Waals surface area contributed by atoms with Gasteiger partial charge in [0.1, 0.15) is 0 Å². The number of methoxy groups -OCH3 is 1. The fourth-order valence-corrected chi connectivity index (χ4v) is 2.56. The van der Waals surface area contributed by atoms with Gasteiger partial charge in [0, 0.05) is 36.5 Å². The van der Waals surface area contributed by atoms with Gasteiger partial charge < -0.3 is 10.1 Å². The van der Waals surface area contributed by atoms with Crippen LogP contribution in [0.25, 0.3) is 0 Å². The lowest BCUT2D eigenvalue weighted by Gasteiger charge is -2.09. The largest absolute Gasteiger partial charge is 0.383 e. The van der Waals surface area contributed by atoms with Crippen LogP contribution in [0.15, 0.2) is 30.5 Å². The molecular weight excluding hydrogens is 286 g/mol. The van der Waals surface area contributed by atoms with Crippen molar-refractivity contribution in [2.24, 2.45) is 0 Å². The second kappa shape index (κ2) is 8.17. The van der Waals surface area contributed by atoms with Gasteiger partial charge in [0.2, 0.25) is 0 Å². The lowest BCUT2D eigenvalue weighted by Crippen LogP contribution is -2.19. The Balaban J connectivity index is 2.05. The maximum Gasteiger partial charge on any atom is 0.0663 e. The smallest absolute Gasteiger partial charge is 0.0663 e. The van der Waals surface area contributed by atoms with Crippen LogP contribution in [0.5, 0.6) is 0 Å². The third kappa shape index (κ3) is 4.56. The molecule has 0 aliphatic rings. The van der Waals surface area contributed by atoms with Gasteiger partial charge in [-0.2, -0.15) is 5.10 Å². The second-order valence-corrected chi connectivity index (χ2v) is 5.36. The van der Waals surface area contributed by atoms with Gasteiger partial charge in [0.05, 0.1) is 19.3 Å². The molecule has 2 aromatic rings. The predicted molar refractivity (Wildman–Crippen MR) is 85.7 cm³/mol. The van der Waals surface area contributed by atoms with E-state index >= 15 is 0 Å². The van der Waals surface area contributed by atoms with Crippen molar-refractivity contribution in [1.82, 2.24) is 15.1 Å². The van der Waals surface area contributed by atoms with E-state index in [-0.39, 0.29) is 0 Å². The molecule has 0 radical (unpaired) electrons. The summed E-state index contributed by atoms with van der Waals surface area (Å²) in [6.45, 7) is 5.30. The minimum Gasteiger partial charge on any atom is -0.383 e. The first kappa shape index (κ1) is 16.0. The average Bonchev–Trinajstić information content (AvgIpc) is 2.85. The first-order valence-electron chi connectivity index (χ1n) is 7.22. The summed E-state index contributed by atoms with van der Waals surface area (Å²) in [6, 6.07) is 7.92. The number of hydrogen-bond donors (Lipinski definition) is 1. The quantitative estimate of drug-likeness (QED) is 0.762. The van der Waals surface area contributed by atoms with Crippen LogP contribution >= 0.6 is 11.6 Å². The lowest BCUT2D eigenvalue weighted by molar-refractivity contribution is 0.199. The maximum atomic E-state index is 6.04. The second-order valence-electron chi connectivity index (χ2n) is 4.93. The molecule has 0 aliphatic heterocycles. The zero-order valence-electron chi connectivity index (χ0n) is 12.6. The van der Waals surface area contributed by atoms with Crippen LogP contribution < -0.4 is 5.32 Å². The highest BCUT2D eigenvalue weighted by Gasteiger charge is 2.09. The summed E-state index contributed by atoms with van der Waals surface area (Å²) in [5.41, 5.74) is 3.68. The van der Waals surface area contributed by atoms with Crippen LogP contribution in [0.4, 0.5) is 0 Å². The fourth-order valence-electron chi connectivity index (χ4n) is 2.35. The molecule has 5 heteroatoms. The molecule has 2 rings (SSSR count). The van der Waals surface area contributed by atoms with Gasteiger partial charge in [-0.15, -0.1) is 0 Å². The molecule has 0 fully saturated rings. The van der Waals surface area contributed by atoms with E-state index in [4.69, 9.17) is 16.3 Å². The van der Waals surface area contributed by atoms with E-state index in [9.17, 15) is 0 Å². The molecule has 4 nitrogen and oxygen atoms in total. The fraction of sp³-hybridized carbons (Fsp3) is 0.438. The molecule has 1 heterocycles. The van der Waals surface area contributed by atoms with Crippen molar-refractivity contribution in [2.75, 3.05) is 20.3 Å². The maximum absolute atomic E-state index is 6.04. The Morgan fingerprint density at radius 2 is 2.24 bits per heavy atom. The van der Waals surface area contributed by atoms with E-state index in [0.29, 0.717) is 0 Å². The van der Waals surface area contributed by atoms with Crippen molar-refractivity contribution in [3.05, 3.63) is 52.3 Å². The van der Waals surface area contributed by atoms with Gasteiger partial charge in [-0.25, -0.2) is 0 Å². The highest BCUT2D eigenvalue weighted by Crippen LogP contribution is 2.15. The highest BCUT2D eigenvalue weighted by molar-refractivity contribution is 6.30. The monoisotopic (exact) mass is 307 g/mol. The Morgan fingerprint density at radius 1 is 1.38 bits per heavy atom. The minimum atomic E-state index is 0.720. The summed E-state index contributed by atoms with van der Waals surface area (Å²) in [4.78, 5) is 0. The Bertz CT molecular complexity index is 568. The number of benzene rings is 1. The van der Waals surface area contributed by atoms with Crippen molar-refractivity contribution in [1.29, 1.82) is 0 Å². The van der Waals surface area contributed by atoms with Crippen LogP contribution in [-0.4, -0.2) is 30.0 Å². The molecule has 0 aliphatic carbocycles. The molecule has 0 saturated carbocycles. The van der Waals surface area contributed by atoms with E-state index in [0.717, 1.165) is 37.7 Å². The summed E-state index contributed by atoms with van der Waals surface area (Å²) in [5, 5.41) is 8.64. The van der Waals surface area contributed by atoms with Gasteiger partial charge in [0.25, 0.3) is 0 Å². The zero-order valence-corrected chi connectivity index (χ0v) is 13.4. The van der Waals surface area contributed by atoms with Gasteiger partial charge in [-0.05, 0) is 24.1 Å². The van der Waals surface area contributed by atoms with Gasteiger partial charge in [-0.3, -0.25) is 4.68 Å². The molecule has 1 N–H and O–H groups in total. The molecule has 0 saturated heterocycles. The van der Waals surface area contributed by atoms with Crippen LogP contribution in [0.3, 0.4) is 0 Å². The summed E-state index contributed by atoms with van der Waals surface area (Å²) in [6.07, 6.45) is 2.91. The lowest BCUT2D eigenvalue weighted by atomic mass is 10.2. The standard InChI is InChI=1S/C16H22ClN3O/c1-3-16-14(10-18-7-8-21-2)11-19-20(16)12-13-5-4-6-15(17)9-13/h4-6,9,11,18H,3,7-8,10,12H2,1-2H3. The summed E-state index contributed by atoms with van der Waals surface area (Å²) in [5.74, 6) is 0. The topological polar surface area (TPSA) is 39.1 Å². The minimum absolute atomic E-state index is 0.720. The predicted octanol–water partition coefficient (Wildman–Crippen LogP) is 2.88. The molecule has 0 unspecified atom stereocenters. The van der Waals surface area contributed by atoms with Gasteiger partial charge in [0.15, 0.2) is 0 Å². The average molecular weight is 308 g/mol. The molecular formula is C16H22ClN3O. The molecule has 0 bridgehead atoms. The van der Waals surface area contributed by atoms with E-state index in [1.165, 1.54) is 16.8 Å². The number of hydrogen-bond acceptors (Lipinski definition) is 3. The van der Waals surface area contributed by atoms with Crippen LogP contribution in [-0.2, 0) is 24.2 Å². The van der Waals surface area contributed by atoms with Crippen molar-refractivity contribution < 1.29 is 4.74 Å². The molecule has 1 aromatic heterocycles. The van der Waals surface area contributed by atoms with Crippen molar-refractivity contribution in [2.45, 2.75) is 26.4 Å². The molecule has 114 valence electrons. The number of halogens is 1. The van der Waals surface area contributed by atoms with Crippen LogP contribution in [0.2, 0.25) is 5.02 Å². The normalized spacial score (nSPS) is 11.0. The summed E-state index contributed by atoms with van der Waals surface area (Å²) >= 11 is 6.04. The first-order chi connectivity index (χ1) is 10.2. The third-order valence-electron chi connectivity index (χ3n) is 3.39. The van der Waals surface area contributed by atoms with Crippen LogP contribution in [0.1, 0.15) is 23.7 Å². The zero-order chi connectivity index (χ0) is 15.1. The van der Waals surface area contributed by atoms with E-state index in [1.807, 2.05) is 24.4 Å². The highest BCUT2D eigenvalue weighted by atomic mass is 35.5. The molecule has 0 amide bonds. The van der Waals surface area contributed by atoms with Crippen molar-refractivity contribution in [3.63, 3.8) is 0 Å². The van der Waals surface area contributed by atoms with Gasteiger partial charge >= 0.3 is 0 Å². The molecule has 21 heavy (non-hydrogen) atoms. The van der Waals surface area contributed by atoms with E-state index < -0.39 is 0 Å². The number of nitrogens with one attached hydrogen (secondary N) is 1. The van der Waals surface area contributed by atoms with E-state index in [1.54, 1.807) is 7.11 Å². The number of ether oxygens (including phenoxy) is 1. The summed E-state index contributed by atoms with van der Waals surface area (Å²) in [7, 11) is 1.71. The van der Waals surface area contributed by atoms with Crippen LogP contribution in [0, 0.1) is 0 Å². The summed E-state index contributed by atoms with van der Waals surface area (Å²) < 4.78 is 7.09. The van der Waals surface area contributed by atoms with Crippen molar-refractivity contribution >= 4 is 11.6 Å². The SMILES string of the molecule is CCc1c(CNCCOC)cnn1Cc1cccc(Cl)c1. The Hall–Kier alpha value is -1.36. The van der Waals surface area contributed by atoms with Crippen molar-refractivity contribution in [3.8, 4) is 0 Å². The van der Waals surface area contributed by atoms with Gasteiger partial charge in [-0.1, -0.05) is 30.7 Å². The number of rotatable bonds is 8. The first-order valence-corrected chi connectivity index (χ1v) is 7.60. The van der Waals surface area contributed by atoms with E-state index in [2.05, 4.69) is 28.1 Å². The molecule has 0 spiro atoms. The molecule has 0 atom stereocenters. The Labute approximate surface area is 131 Å². The number of aromatic nitrogens is 2. The Morgan fingerprint density at radius 3 is 2.95 bits per heavy atom. The Kier molecular flexibility index (Phi) is 6.23.